The van der Waals surface area contributed by atoms with Gasteiger partial charge in [0.2, 0.25) is 0 Å². The van der Waals surface area contributed by atoms with Crippen LogP contribution < -0.4 is 0 Å². The Morgan fingerprint density at radius 2 is 2.23 bits per heavy atom. The molecule has 68 valence electrons. The van der Waals surface area contributed by atoms with E-state index in [1.54, 1.807) is 6.26 Å². The minimum atomic E-state index is 0.157. The first-order chi connectivity index (χ1) is 6.31. The van der Waals surface area contributed by atoms with E-state index in [-0.39, 0.29) is 6.61 Å². The van der Waals surface area contributed by atoms with E-state index in [0.717, 1.165) is 21.0 Å². The van der Waals surface area contributed by atoms with Gasteiger partial charge in [-0.1, -0.05) is 15.9 Å². The predicted octanol–water partition coefficient (Wildman–Crippen LogP) is 2.73. The first-order valence-electron chi connectivity index (χ1n) is 4.08. The highest BCUT2D eigenvalue weighted by Crippen LogP contribution is 2.24. The largest absolute Gasteiger partial charge is 0.464 e. The van der Waals surface area contributed by atoms with Crippen molar-refractivity contribution in [1.29, 1.82) is 0 Å². The summed E-state index contributed by atoms with van der Waals surface area (Å²) in [6.45, 7) is 0.157. The van der Waals surface area contributed by atoms with Gasteiger partial charge in [-0.15, -0.1) is 0 Å². The maximum absolute atomic E-state index is 8.80. The number of halogens is 1. The van der Waals surface area contributed by atoms with Crippen molar-refractivity contribution in [2.75, 3.05) is 6.61 Å². The summed E-state index contributed by atoms with van der Waals surface area (Å²) in [5, 5.41) is 9.88. The number of hydrogen-bond donors (Lipinski definition) is 1. The van der Waals surface area contributed by atoms with Crippen molar-refractivity contribution in [2.45, 2.75) is 6.42 Å². The molecular formula is C10H9BrO2. The zero-order chi connectivity index (χ0) is 9.26. The molecule has 2 rings (SSSR count). The van der Waals surface area contributed by atoms with E-state index in [0.29, 0.717) is 6.42 Å². The smallest absolute Gasteiger partial charge is 0.135 e. The number of furan rings is 1. The lowest BCUT2D eigenvalue weighted by Gasteiger charge is -1.93. The van der Waals surface area contributed by atoms with E-state index in [4.69, 9.17) is 9.52 Å². The summed E-state index contributed by atoms with van der Waals surface area (Å²) in [4.78, 5) is 0. The van der Waals surface area contributed by atoms with E-state index in [1.165, 1.54) is 0 Å². The summed E-state index contributed by atoms with van der Waals surface area (Å²) in [6, 6.07) is 5.89. The highest BCUT2D eigenvalue weighted by atomic mass is 79.9. The molecule has 13 heavy (non-hydrogen) atoms. The molecule has 1 N–H and O–H groups in total. The minimum Gasteiger partial charge on any atom is -0.464 e. The Bertz CT molecular complexity index is 420. The quantitative estimate of drug-likeness (QED) is 0.876. The second-order valence-corrected chi connectivity index (χ2v) is 3.79. The Balaban J connectivity index is 2.55. The summed E-state index contributed by atoms with van der Waals surface area (Å²) in [6.07, 6.45) is 2.35. The van der Waals surface area contributed by atoms with E-state index < -0.39 is 0 Å². The van der Waals surface area contributed by atoms with Crippen LogP contribution in [0, 0.1) is 0 Å². The van der Waals surface area contributed by atoms with E-state index in [9.17, 15) is 0 Å². The second-order valence-electron chi connectivity index (χ2n) is 2.88. The molecule has 0 atom stereocenters. The van der Waals surface area contributed by atoms with Crippen molar-refractivity contribution in [2.24, 2.45) is 0 Å². The van der Waals surface area contributed by atoms with Gasteiger partial charge in [-0.3, -0.25) is 0 Å². The number of benzene rings is 1. The molecule has 1 heterocycles. The van der Waals surface area contributed by atoms with Crippen LogP contribution in [0.2, 0.25) is 0 Å². The lowest BCUT2D eigenvalue weighted by Crippen LogP contribution is -1.87. The highest BCUT2D eigenvalue weighted by molar-refractivity contribution is 9.10. The Labute approximate surface area is 84.3 Å². The summed E-state index contributed by atoms with van der Waals surface area (Å²) in [5.41, 5.74) is 1.92. The molecule has 2 nitrogen and oxygen atoms in total. The third-order valence-corrected chi connectivity index (χ3v) is 2.49. The Kier molecular flexibility index (Phi) is 2.38. The molecule has 3 heteroatoms. The Morgan fingerprint density at radius 3 is 3.00 bits per heavy atom. The van der Waals surface area contributed by atoms with Gasteiger partial charge in [-0.05, 0) is 24.6 Å². The number of fused-ring (bicyclic) bond motifs is 1. The Morgan fingerprint density at radius 1 is 1.38 bits per heavy atom. The summed E-state index contributed by atoms with van der Waals surface area (Å²) < 4.78 is 6.35. The monoisotopic (exact) mass is 240 g/mol. The average Bonchev–Trinajstić information content (AvgIpc) is 2.49. The molecule has 0 saturated heterocycles. The fourth-order valence-electron chi connectivity index (χ4n) is 1.37. The van der Waals surface area contributed by atoms with Gasteiger partial charge in [0.1, 0.15) is 5.58 Å². The number of rotatable bonds is 2. The molecule has 0 aliphatic rings. The zero-order valence-corrected chi connectivity index (χ0v) is 8.54. The van der Waals surface area contributed by atoms with Gasteiger partial charge >= 0.3 is 0 Å². The molecule has 0 aliphatic carbocycles. The molecule has 2 aromatic rings. The van der Waals surface area contributed by atoms with Crippen molar-refractivity contribution >= 4 is 26.9 Å². The zero-order valence-electron chi connectivity index (χ0n) is 6.96. The third kappa shape index (κ3) is 1.62. The van der Waals surface area contributed by atoms with Crippen LogP contribution in [0.5, 0.6) is 0 Å². The molecule has 1 aromatic heterocycles. The second kappa shape index (κ2) is 3.52. The SMILES string of the molecule is OCCc1coc2cc(Br)ccc12. The number of aliphatic hydroxyl groups excluding tert-OH is 1. The van der Waals surface area contributed by atoms with Crippen molar-refractivity contribution in [3.63, 3.8) is 0 Å². The molecular weight excluding hydrogens is 232 g/mol. The van der Waals surface area contributed by atoms with Crippen molar-refractivity contribution in [3.05, 3.63) is 34.5 Å². The van der Waals surface area contributed by atoms with Gasteiger partial charge in [-0.25, -0.2) is 0 Å². The lowest BCUT2D eigenvalue weighted by molar-refractivity contribution is 0.299. The van der Waals surface area contributed by atoms with Crippen LogP contribution in [0.4, 0.5) is 0 Å². The summed E-state index contributed by atoms with van der Waals surface area (Å²) >= 11 is 3.37. The molecule has 0 fully saturated rings. The van der Waals surface area contributed by atoms with Gasteiger partial charge in [-0.2, -0.15) is 0 Å². The van der Waals surface area contributed by atoms with Crippen LogP contribution >= 0.6 is 15.9 Å². The summed E-state index contributed by atoms with van der Waals surface area (Å²) in [7, 11) is 0. The predicted molar refractivity (Wildman–Crippen MR) is 54.7 cm³/mol. The first-order valence-corrected chi connectivity index (χ1v) is 4.87. The maximum atomic E-state index is 8.80. The molecule has 0 saturated carbocycles. The molecule has 0 radical (unpaired) electrons. The molecule has 0 unspecified atom stereocenters. The van der Waals surface area contributed by atoms with Crippen LogP contribution in [0.25, 0.3) is 11.0 Å². The van der Waals surface area contributed by atoms with Crippen molar-refractivity contribution < 1.29 is 9.52 Å². The van der Waals surface area contributed by atoms with Gasteiger partial charge in [0.25, 0.3) is 0 Å². The van der Waals surface area contributed by atoms with Gasteiger partial charge in [0.05, 0.1) is 6.26 Å². The summed E-state index contributed by atoms with van der Waals surface area (Å²) in [5.74, 6) is 0. The van der Waals surface area contributed by atoms with Crippen LogP contribution in [-0.4, -0.2) is 11.7 Å². The van der Waals surface area contributed by atoms with Crippen molar-refractivity contribution in [1.82, 2.24) is 0 Å². The van der Waals surface area contributed by atoms with Gasteiger partial charge < -0.3 is 9.52 Å². The lowest BCUT2D eigenvalue weighted by atomic mass is 10.1. The third-order valence-electron chi connectivity index (χ3n) is 2.00. The van der Waals surface area contributed by atoms with Gasteiger partial charge in [0.15, 0.2) is 0 Å². The van der Waals surface area contributed by atoms with Crippen molar-refractivity contribution in [3.8, 4) is 0 Å². The molecule has 0 bridgehead atoms. The molecule has 1 aromatic carbocycles. The Hall–Kier alpha value is -0.800. The fourth-order valence-corrected chi connectivity index (χ4v) is 1.71. The van der Waals surface area contributed by atoms with Crippen LogP contribution in [0.1, 0.15) is 5.56 Å². The van der Waals surface area contributed by atoms with E-state index in [1.807, 2.05) is 18.2 Å². The molecule has 0 spiro atoms. The van der Waals surface area contributed by atoms with Crippen LogP contribution in [0.15, 0.2) is 33.4 Å². The fraction of sp³-hybridized carbons (Fsp3) is 0.200. The van der Waals surface area contributed by atoms with Gasteiger partial charge in [0, 0.05) is 22.0 Å². The number of aliphatic hydroxyl groups is 1. The van der Waals surface area contributed by atoms with E-state index in [2.05, 4.69) is 15.9 Å². The number of hydrogen-bond acceptors (Lipinski definition) is 2. The molecule has 0 amide bonds. The minimum absolute atomic E-state index is 0.157. The first kappa shape index (κ1) is 8.78. The highest BCUT2D eigenvalue weighted by Gasteiger charge is 2.04. The van der Waals surface area contributed by atoms with Crippen LogP contribution in [0.3, 0.4) is 0 Å². The topological polar surface area (TPSA) is 33.4 Å². The standard InChI is InChI=1S/C10H9BrO2/c11-8-1-2-9-7(3-4-12)6-13-10(9)5-8/h1-2,5-6,12H,3-4H2. The van der Waals surface area contributed by atoms with Crippen LogP contribution in [-0.2, 0) is 6.42 Å². The maximum Gasteiger partial charge on any atom is 0.135 e. The van der Waals surface area contributed by atoms with E-state index >= 15 is 0 Å². The normalized spacial score (nSPS) is 10.9. The average molecular weight is 241 g/mol. The molecule has 0 aliphatic heterocycles.